The summed E-state index contributed by atoms with van der Waals surface area (Å²) in [7, 11) is 0. The number of nitrogens with one attached hydrogen (secondary N) is 2. The van der Waals surface area contributed by atoms with Crippen molar-refractivity contribution >= 4 is 17.8 Å². The lowest BCUT2D eigenvalue weighted by molar-refractivity contribution is 0.0715. The first-order valence-corrected chi connectivity index (χ1v) is 7.54. The standard InChI is InChI=1S/C18H13N3O4/c1-9-5-13-14(25-18(24)15(13)17(23)20-9)7-11-8-19-21-16(11)10-3-2-4-12(22)6-10/h2-8,22H,1H3,(H,19,21)(H,20,23). The fourth-order valence-electron chi connectivity index (χ4n) is 2.84. The number of hydrogen-bond acceptors (Lipinski definition) is 5. The van der Waals surface area contributed by atoms with E-state index >= 15 is 0 Å². The highest BCUT2D eigenvalue weighted by Crippen LogP contribution is 2.32. The number of aromatic hydroxyl groups is 1. The number of aromatic amines is 2. The third-order valence-corrected chi connectivity index (χ3v) is 3.93. The summed E-state index contributed by atoms with van der Waals surface area (Å²) in [5.41, 5.74) is 2.68. The molecule has 1 aromatic carbocycles. The maximum absolute atomic E-state index is 12.0. The van der Waals surface area contributed by atoms with Crippen LogP contribution in [0.1, 0.15) is 27.2 Å². The minimum Gasteiger partial charge on any atom is -0.508 e. The van der Waals surface area contributed by atoms with E-state index in [1.807, 2.05) is 6.07 Å². The number of aromatic nitrogens is 3. The number of aryl methyl sites for hydroxylation is 1. The predicted octanol–water partition coefficient (Wildman–Crippen LogP) is 2.45. The molecule has 0 amide bonds. The van der Waals surface area contributed by atoms with Gasteiger partial charge in [0, 0.05) is 22.4 Å². The summed E-state index contributed by atoms with van der Waals surface area (Å²) >= 11 is 0. The van der Waals surface area contributed by atoms with Crippen LogP contribution in [0.2, 0.25) is 0 Å². The number of hydrogen-bond donors (Lipinski definition) is 3. The van der Waals surface area contributed by atoms with Crippen LogP contribution in [0.4, 0.5) is 0 Å². The molecule has 4 rings (SSSR count). The van der Waals surface area contributed by atoms with Gasteiger partial charge in [-0.25, -0.2) is 4.79 Å². The Labute approximate surface area is 141 Å². The van der Waals surface area contributed by atoms with Gasteiger partial charge in [-0.3, -0.25) is 9.89 Å². The van der Waals surface area contributed by atoms with Crippen LogP contribution in [0.3, 0.4) is 0 Å². The molecule has 124 valence electrons. The van der Waals surface area contributed by atoms with Gasteiger partial charge < -0.3 is 14.8 Å². The highest BCUT2D eigenvalue weighted by molar-refractivity contribution is 6.05. The van der Waals surface area contributed by atoms with Crippen LogP contribution in [0, 0.1) is 6.92 Å². The van der Waals surface area contributed by atoms with Gasteiger partial charge in [0.05, 0.1) is 11.9 Å². The predicted molar refractivity (Wildman–Crippen MR) is 90.8 cm³/mol. The molecule has 3 heterocycles. The summed E-state index contributed by atoms with van der Waals surface area (Å²) in [6.45, 7) is 1.73. The molecule has 0 bridgehead atoms. The number of carbonyl (C=O) groups is 1. The SMILES string of the molecule is Cc1cc2c(c(=O)[nH]1)C(=O)OC2=Cc1cn[nH]c1-c1cccc(O)c1. The fraction of sp³-hybridized carbons (Fsp3) is 0.0556. The minimum absolute atomic E-state index is 0.000694. The smallest absolute Gasteiger partial charge is 0.349 e. The van der Waals surface area contributed by atoms with E-state index in [-0.39, 0.29) is 17.1 Å². The maximum Gasteiger partial charge on any atom is 0.349 e. The Morgan fingerprint density at radius 3 is 2.88 bits per heavy atom. The van der Waals surface area contributed by atoms with Crippen LogP contribution in [0.15, 0.2) is 41.3 Å². The van der Waals surface area contributed by atoms with E-state index in [0.29, 0.717) is 22.5 Å². The van der Waals surface area contributed by atoms with E-state index in [4.69, 9.17) is 4.74 Å². The first-order valence-electron chi connectivity index (χ1n) is 7.54. The van der Waals surface area contributed by atoms with Gasteiger partial charge in [-0.05, 0) is 31.2 Å². The van der Waals surface area contributed by atoms with Crippen molar-refractivity contribution in [2.24, 2.45) is 0 Å². The second-order valence-electron chi connectivity index (χ2n) is 5.72. The number of esters is 1. The molecule has 2 aromatic heterocycles. The van der Waals surface area contributed by atoms with Crippen molar-refractivity contribution in [2.75, 3.05) is 0 Å². The lowest BCUT2D eigenvalue weighted by Gasteiger charge is -2.03. The van der Waals surface area contributed by atoms with Gasteiger partial charge in [0.1, 0.15) is 17.1 Å². The van der Waals surface area contributed by atoms with Crippen LogP contribution in [0.5, 0.6) is 5.75 Å². The summed E-state index contributed by atoms with van der Waals surface area (Å²) in [5, 5.41) is 16.5. The molecule has 0 aliphatic carbocycles. The molecular weight excluding hydrogens is 322 g/mol. The number of ether oxygens (including phenoxy) is 1. The van der Waals surface area contributed by atoms with E-state index in [1.54, 1.807) is 43.5 Å². The summed E-state index contributed by atoms with van der Waals surface area (Å²) in [4.78, 5) is 26.6. The molecule has 3 N–H and O–H groups in total. The van der Waals surface area contributed by atoms with Crippen LogP contribution in [-0.4, -0.2) is 26.3 Å². The largest absolute Gasteiger partial charge is 0.508 e. The number of phenolic OH excluding ortho intramolecular Hbond substituents is 1. The van der Waals surface area contributed by atoms with E-state index in [0.717, 1.165) is 5.56 Å². The number of cyclic esters (lactones) is 1. The average Bonchev–Trinajstić information content (AvgIpc) is 3.13. The monoisotopic (exact) mass is 335 g/mol. The van der Waals surface area contributed by atoms with Crippen molar-refractivity contribution in [3.8, 4) is 17.0 Å². The van der Waals surface area contributed by atoms with Crippen molar-refractivity contribution in [1.29, 1.82) is 0 Å². The van der Waals surface area contributed by atoms with Crippen LogP contribution in [-0.2, 0) is 4.74 Å². The number of carbonyl (C=O) groups excluding carboxylic acids is 1. The zero-order valence-corrected chi connectivity index (χ0v) is 13.2. The first kappa shape index (κ1) is 14.9. The van der Waals surface area contributed by atoms with Crippen LogP contribution < -0.4 is 5.56 Å². The molecule has 7 nitrogen and oxygen atoms in total. The number of fused-ring (bicyclic) bond motifs is 1. The number of phenols is 1. The normalized spacial score (nSPS) is 14.6. The van der Waals surface area contributed by atoms with Crippen molar-refractivity contribution < 1.29 is 14.6 Å². The number of rotatable bonds is 2. The Hall–Kier alpha value is -3.61. The molecular formula is C18H13N3O4. The second-order valence-corrected chi connectivity index (χ2v) is 5.72. The fourth-order valence-corrected chi connectivity index (χ4v) is 2.84. The molecule has 7 heteroatoms. The van der Waals surface area contributed by atoms with Crippen LogP contribution >= 0.6 is 0 Å². The van der Waals surface area contributed by atoms with E-state index < -0.39 is 11.5 Å². The first-order chi connectivity index (χ1) is 12.0. The van der Waals surface area contributed by atoms with E-state index in [2.05, 4.69) is 15.2 Å². The van der Waals surface area contributed by atoms with Gasteiger partial charge in [-0.15, -0.1) is 0 Å². The molecule has 0 spiro atoms. The molecule has 0 saturated carbocycles. The molecule has 0 unspecified atom stereocenters. The summed E-state index contributed by atoms with van der Waals surface area (Å²) in [6.07, 6.45) is 3.23. The molecule has 0 saturated heterocycles. The highest BCUT2D eigenvalue weighted by Gasteiger charge is 2.30. The quantitative estimate of drug-likeness (QED) is 0.623. The molecule has 1 aliphatic heterocycles. The van der Waals surface area contributed by atoms with Gasteiger partial charge in [-0.1, -0.05) is 12.1 Å². The lowest BCUT2D eigenvalue weighted by atomic mass is 10.0. The summed E-state index contributed by atoms with van der Waals surface area (Å²) in [6, 6.07) is 8.40. The topological polar surface area (TPSA) is 108 Å². The molecule has 0 atom stereocenters. The van der Waals surface area contributed by atoms with Gasteiger partial charge in [0.25, 0.3) is 5.56 Å². The molecule has 0 radical (unpaired) electrons. The Kier molecular flexibility index (Phi) is 3.28. The average molecular weight is 335 g/mol. The molecule has 1 aliphatic rings. The Bertz CT molecular complexity index is 1090. The van der Waals surface area contributed by atoms with Crippen molar-refractivity contribution in [3.05, 3.63) is 69.3 Å². The summed E-state index contributed by atoms with van der Waals surface area (Å²) in [5.74, 6) is -0.257. The zero-order valence-electron chi connectivity index (χ0n) is 13.2. The molecule has 3 aromatic rings. The van der Waals surface area contributed by atoms with Gasteiger partial charge >= 0.3 is 5.97 Å². The maximum atomic E-state index is 12.0. The lowest BCUT2D eigenvalue weighted by Crippen LogP contribution is -2.16. The number of pyridine rings is 1. The van der Waals surface area contributed by atoms with Gasteiger partial charge in [-0.2, -0.15) is 5.10 Å². The van der Waals surface area contributed by atoms with Crippen molar-refractivity contribution in [3.63, 3.8) is 0 Å². The third kappa shape index (κ3) is 2.51. The highest BCUT2D eigenvalue weighted by atomic mass is 16.5. The van der Waals surface area contributed by atoms with Gasteiger partial charge in [0.15, 0.2) is 0 Å². The summed E-state index contributed by atoms with van der Waals surface area (Å²) < 4.78 is 5.27. The Morgan fingerprint density at radius 2 is 2.08 bits per heavy atom. The van der Waals surface area contributed by atoms with Gasteiger partial charge in [0.2, 0.25) is 0 Å². The zero-order chi connectivity index (χ0) is 17.6. The Balaban J connectivity index is 1.84. The number of H-pyrrole nitrogens is 2. The van der Waals surface area contributed by atoms with E-state index in [9.17, 15) is 14.7 Å². The molecule has 0 fully saturated rings. The second kappa shape index (κ2) is 5.48. The third-order valence-electron chi connectivity index (χ3n) is 3.93. The van der Waals surface area contributed by atoms with E-state index in [1.165, 1.54) is 0 Å². The Morgan fingerprint density at radius 1 is 1.24 bits per heavy atom. The number of benzene rings is 1. The van der Waals surface area contributed by atoms with Crippen LogP contribution in [0.25, 0.3) is 23.1 Å². The molecule has 25 heavy (non-hydrogen) atoms. The minimum atomic E-state index is -0.676. The van der Waals surface area contributed by atoms with Crippen molar-refractivity contribution in [2.45, 2.75) is 6.92 Å². The van der Waals surface area contributed by atoms with Crippen molar-refractivity contribution in [1.82, 2.24) is 15.2 Å². The number of nitrogens with zero attached hydrogens (tertiary/aromatic N) is 1.